The van der Waals surface area contributed by atoms with Crippen molar-refractivity contribution in [1.29, 1.82) is 0 Å². The fourth-order valence-electron chi connectivity index (χ4n) is 2.91. The van der Waals surface area contributed by atoms with Gasteiger partial charge >= 0.3 is 0 Å². The average Bonchev–Trinajstić information content (AvgIpc) is 2.61. The number of ether oxygens (including phenoxy) is 1. The van der Waals surface area contributed by atoms with E-state index in [1.165, 1.54) is 4.31 Å². The van der Waals surface area contributed by atoms with Gasteiger partial charge in [0.15, 0.2) is 0 Å². The molecule has 0 N–H and O–H groups in total. The van der Waals surface area contributed by atoms with E-state index in [-0.39, 0.29) is 16.9 Å². The Balaban J connectivity index is 2.48. The molecule has 1 unspecified atom stereocenters. The van der Waals surface area contributed by atoms with E-state index in [1.807, 2.05) is 20.8 Å². The van der Waals surface area contributed by atoms with Crippen LogP contribution in [0.1, 0.15) is 37.9 Å². The van der Waals surface area contributed by atoms with Gasteiger partial charge in [-0.15, -0.1) is 11.6 Å². The van der Waals surface area contributed by atoms with E-state index in [1.54, 1.807) is 13.8 Å². The summed E-state index contributed by atoms with van der Waals surface area (Å²) in [6, 6.07) is 0. The summed E-state index contributed by atoms with van der Waals surface area (Å²) in [4.78, 5) is 0.208. The molecule has 1 aromatic rings. The summed E-state index contributed by atoms with van der Waals surface area (Å²) in [5.74, 6) is 1.06. The summed E-state index contributed by atoms with van der Waals surface area (Å²) in [6.07, 6.45) is -0.156. The predicted octanol–water partition coefficient (Wildman–Crippen LogP) is 2.82. The highest BCUT2D eigenvalue weighted by Crippen LogP contribution is 2.33. The van der Waals surface area contributed by atoms with Gasteiger partial charge in [-0.2, -0.15) is 4.31 Å². The largest absolute Gasteiger partial charge is 0.465 e. The highest BCUT2D eigenvalue weighted by molar-refractivity contribution is 7.89. The van der Waals surface area contributed by atoms with Crippen molar-refractivity contribution in [3.05, 3.63) is 17.1 Å². The summed E-state index contributed by atoms with van der Waals surface area (Å²) < 4.78 is 38.7. The minimum Gasteiger partial charge on any atom is -0.465 e. The molecule has 0 aliphatic carbocycles. The first-order valence-electron chi connectivity index (χ1n) is 6.91. The lowest BCUT2D eigenvalue weighted by atomic mass is 10.1. The van der Waals surface area contributed by atoms with Crippen LogP contribution in [0.15, 0.2) is 9.31 Å². The van der Waals surface area contributed by atoms with Crippen LogP contribution in [0.5, 0.6) is 0 Å². The van der Waals surface area contributed by atoms with Gasteiger partial charge in [-0.1, -0.05) is 0 Å². The van der Waals surface area contributed by atoms with E-state index < -0.39 is 15.6 Å². The molecule has 1 fully saturated rings. The van der Waals surface area contributed by atoms with Gasteiger partial charge < -0.3 is 9.15 Å². The minimum absolute atomic E-state index is 0.112. The number of hydrogen-bond donors (Lipinski definition) is 0. The number of furan rings is 1. The van der Waals surface area contributed by atoms with Gasteiger partial charge in [-0.05, 0) is 34.6 Å². The smallest absolute Gasteiger partial charge is 0.247 e. The van der Waals surface area contributed by atoms with Gasteiger partial charge in [0.05, 0.1) is 17.6 Å². The molecule has 1 saturated heterocycles. The Morgan fingerprint density at radius 3 is 2.48 bits per heavy atom. The highest BCUT2D eigenvalue weighted by Gasteiger charge is 2.40. The molecule has 0 radical (unpaired) electrons. The first kappa shape index (κ1) is 16.8. The molecule has 0 amide bonds. The molecular weight excluding hydrogens is 314 g/mol. The van der Waals surface area contributed by atoms with Crippen molar-refractivity contribution in [2.75, 3.05) is 13.1 Å². The Labute approximate surface area is 131 Å². The van der Waals surface area contributed by atoms with Crippen LogP contribution in [0.25, 0.3) is 0 Å². The van der Waals surface area contributed by atoms with Crippen LogP contribution in [-0.4, -0.2) is 37.5 Å². The number of rotatable bonds is 3. The van der Waals surface area contributed by atoms with Crippen molar-refractivity contribution in [2.24, 2.45) is 0 Å². The standard InChI is InChI=1S/C14H22ClNO4S/c1-9-7-16(8-14(4,5)20-9)21(17,18)13-11(3)19-10(2)12(13)6-15/h9H,6-8H2,1-5H3. The molecule has 0 saturated carbocycles. The molecule has 120 valence electrons. The number of sulfonamides is 1. The second-order valence-electron chi connectivity index (χ2n) is 6.14. The van der Waals surface area contributed by atoms with E-state index in [2.05, 4.69) is 0 Å². The van der Waals surface area contributed by atoms with Crippen molar-refractivity contribution >= 4 is 21.6 Å². The molecule has 2 rings (SSSR count). The lowest BCUT2D eigenvalue weighted by molar-refractivity contribution is -0.109. The fraction of sp³-hybridized carbons (Fsp3) is 0.714. The lowest BCUT2D eigenvalue weighted by Gasteiger charge is -2.40. The van der Waals surface area contributed by atoms with Crippen LogP contribution in [0.3, 0.4) is 0 Å². The van der Waals surface area contributed by atoms with Crippen molar-refractivity contribution in [3.63, 3.8) is 0 Å². The monoisotopic (exact) mass is 335 g/mol. The summed E-state index contributed by atoms with van der Waals surface area (Å²) in [6.45, 7) is 9.68. The molecule has 7 heteroatoms. The maximum atomic E-state index is 13.0. The molecule has 21 heavy (non-hydrogen) atoms. The summed E-state index contributed by atoms with van der Waals surface area (Å²) in [7, 11) is -3.64. The zero-order chi connectivity index (χ0) is 16.0. The number of hydrogen-bond acceptors (Lipinski definition) is 4. The van der Waals surface area contributed by atoms with E-state index in [9.17, 15) is 8.42 Å². The third-order valence-electron chi connectivity index (χ3n) is 3.59. The molecule has 1 aliphatic rings. The number of halogens is 1. The Hall–Kier alpha value is -0.560. The second kappa shape index (κ2) is 5.57. The van der Waals surface area contributed by atoms with E-state index in [4.69, 9.17) is 20.8 Å². The molecule has 0 bridgehead atoms. The molecule has 0 spiro atoms. The summed E-state index contributed by atoms with van der Waals surface area (Å²) in [5.41, 5.74) is 0.0320. The van der Waals surface area contributed by atoms with Crippen LogP contribution in [0.4, 0.5) is 0 Å². The number of nitrogens with zero attached hydrogens (tertiary/aromatic N) is 1. The number of aryl methyl sites for hydroxylation is 2. The SMILES string of the molecule is Cc1oc(C)c(S(=O)(=O)N2CC(C)OC(C)(C)C2)c1CCl. The lowest BCUT2D eigenvalue weighted by Crippen LogP contribution is -2.53. The summed E-state index contributed by atoms with van der Waals surface area (Å²) >= 11 is 5.91. The Morgan fingerprint density at radius 1 is 1.33 bits per heavy atom. The van der Waals surface area contributed by atoms with Gasteiger partial charge in [-0.25, -0.2) is 8.42 Å². The molecule has 1 aromatic heterocycles. The maximum absolute atomic E-state index is 13.0. The fourth-order valence-corrected chi connectivity index (χ4v) is 5.39. The third-order valence-corrected chi connectivity index (χ3v) is 5.87. The summed E-state index contributed by atoms with van der Waals surface area (Å²) in [5, 5.41) is 0. The van der Waals surface area contributed by atoms with Crippen molar-refractivity contribution in [1.82, 2.24) is 4.31 Å². The Bertz CT molecular complexity index is 636. The van der Waals surface area contributed by atoms with Crippen LogP contribution in [0, 0.1) is 13.8 Å². The first-order valence-corrected chi connectivity index (χ1v) is 8.89. The average molecular weight is 336 g/mol. The van der Waals surface area contributed by atoms with E-state index >= 15 is 0 Å². The Kier molecular flexibility index (Phi) is 4.46. The molecule has 2 heterocycles. The van der Waals surface area contributed by atoms with E-state index in [0.29, 0.717) is 30.2 Å². The van der Waals surface area contributed by atoms with E-state index in [0.717, 1.165) is 0 Å². The van der Waals surface area contributed by atoms with Gasteiger partial charge in [0, 0.05) is 18.7 Å². The minimum atomic E-state index is -3.64. The molecule has 0 aromatic carbocycles. The Morgan fingerprint density at radius 2 is 1.95 bits per heavy atom. The second-order valence-corrected chi connectivity index (χ2v) is 8.28. The molecule has 1 atom stereocenters. The zero-order valence-corrected chi connectivity index (χ0v) is 14.6. The van der Waals surface area contributed by atoms with Crippen molar-refractivity contribution in [3.8, 4) is 0 Å². The highest BCUT2D eigenvalue weighted by atomic mass is 35.5. The predicted molar refractivity (Wildman–Crippen MR) is 81.1 cm³/mol. The molecule has 5 nitrogen and oxygen atoms in total. The van der Waals surface area contributed by atoms with Crippen molar-refractivity contribution in [2.45, 2.75) is 57.1 Å². The van der Waals surface area contributed by atoms with Crippen molar-refractivity contribution < 1.29 is 17.6 Å². The first-order chi connectivity index (χ1) is 9.58. The van der Waals surface area contributed by atoms with Gasteiger partial charge in [0.25, 0.3) is 0 Å². The quantitative estimate of drug-likeness (QED) is 0.797. The van der Waals surface area contributed by atoms with Crippen LogP contribution in [-0.2, 0) is 20.6 Å². The van der Waals surface area contributed by atoms with Gasteiger partial charge in [0.2, 0.25) is 10.0 Å². The number of morpholine rings is 1. The van der Waals surface area contributed by atoms with Gasteiger partial charge in [0.1, 0.15) is 16.4 Å². The van der Waals surface area contributed by atoms with Crippen LogP contribution < -0.4 is 0 Å². The van der Waals surface area contributed by atoms with Crippen LogP contribution in [0.2, 0.25) is 0 Å². The zero-order valence-electron chi connectivity index (χ0n) is 13.1. The maximum Gasteiger partial charge on any atom is 0.247 e. The third kappa shape index (κ3) is 3.13. The number of alkyl halides is 1. The molecule has 1 aliphatic heterocycles. The topological polar surface area (TPSA) is 59.8 Å². The van der Waals surface area contributed by atoms with Gasteiger partial charge in [-0.3, -0.25) is 0 Å². The molecular formula is C14H22ClNO4S. The van der Waals surface area contributed by atoms with Crippen LogP contribution >= 0.6 is 11.6 Å². The normalized spacial score (nSPS) is 23.4.